The van der Waals surface area contributed by atoms with Crippen molar-refractivity contribution in [2.75, 3.05) is 6.61 Å². The first-order chi connectivity index (χ1) is 8.60. The molecule has 0 saturated heterocycles. The van der Waals surface area contributed by atoms with E-state index in [9.17, 15) is 0 Å². The van der Waals surface area contributed by atoms with E-state index in [0.29, 0.717) is 12.5 Å². The van der Waals surface area contributed by atoms with Crippen LogP contribution in [0.5, 0.6) is 5.75 Å². The van der Waals surface area contributed by atoms with Gasteiger partial charge in [0.25, 0.3) is 0 Å². The molecule has 0 fully saturated rings. The van der Waals surface area contributed by atoms with Gasteiger partial charge in [-0.2, -0.15) is 0 Å². The third kappa shape index (κ3) is 2.79. The van der Waals surface area contributed by atoms with E-state index in [1.165, 1.54) is 0 Å². The fraction of sp³-hybridized carbons (Fsp3) is 0.400. The Balaban J connectivity index is 2.40. The van der Waals surface area contributed by atoms with Crippen molar-refractivity contribution in [3.8, 4) is 5.75 Å². The second-order valence-electron chi connectivity index (χ2n) is 5.01. The largest absolute Gasteiger partial charge is 0.493 e. The zero-order valence-corrected chi connectivity index (χ0v) is 11.2. The van der Waals surface area contributed by atoms with Crippen LogP contribution in [0.15, 0.2) is 24.3 Å². The monoisotopic (exact) mass is 244 g/mol. The molecule has 0 amide bonds. The minimum absolute atomic E-state index is 0.519. The van der Waals surface area contributed by atoms with Gasteiger partial charge in [-0.25, -0.2) is 0 Å². The summed E-state index contributed by atoms with van der Waals surface area (Å²) in [7, 11) is 0. The lowest BCUT2D eigenvalue weighted by atomic mass is 10.1. The SMILES string of the molecule is Cc1cc(CN)c2cc(OCC(C)C)ccc2n1. The Labute approximate surface area is 108 Å². The van der Waals surface area contributed by atoms with Crippen LogP contribution in [0.25, 0.3) is 10.9 Å². The molecule has 3 nitrogen and oxygen atoms in total. The van der Waals surface area contributed by atoms with Crippen LogP contribution in [-0.4, -0.2) is 11.6 Å². The summed E-state index contributed by atoms with van der Waals surface area (Å²) in [6, 6.07) is 8.04. The van der Waals surface area contributed by atoms with E-state index in [2.05, 4.69) is 18.8 Å². The summed E-state index contributed by atoms with van der Waals surface area (Å²) in [6.07, 6.45) is 0. The van der Waals surface area contributed by atoms with E-state index in [-0.39, 0.29) is 0 Å². The molecule has 0 aliphatic carbocycles. The van der Waals surface area contributed by atoms with E-state index in [4.69, 9.17) is 10.5 Å². The minimum atomic E-state index is 0.519. The van der Waals surface area contributed by atoms with Gasteiger partial charge in [0, 0.05) is 17.6 Å². The van der Waals surface area contributed by atoms with Crippen molar-refractivity contribution in [2.24, 2.45) is 11.7 Å². The number of nitrogens with zero attached hydrogens (tertiary/aromatic N) is 1. The molecule has 0 aliphatic rings. The predicted molar refractivity (Wildman–Crippen MR) is 74.7 cm³/mol. The van der Waals surface area contributed by atoms with Crippen molar-refractivity contribution < 1.29 is 4.74 Å². The van der Waals surface area contributed by atoms with Crippen molar-refractivity contribution in [3.63, 3.8) is 0 Å². The molecule has 3 heteroatoms. The molecule has 0 spiro atoms. The molecule has 0 atom stereocenters. The third-order valence-corrected chi connectivity index (χ3v) is 2.80. The van der Waals surface area contributed by atoms with Crippen LogP contribution in [0.2, 0.25) is 0 Å². The number of aryl methyl sites for hydroxylation is 1. The molecule has 1 aromatic heterocycles. The average molecular weight is 244 g/mol. The molecule has 0 aliphatic heterocycles. The molecule has 96 valence electrons. The van der Waals surface area contributed by atoms with Crippen LogP contribution >= 0.6 is 0 Å². The highest BCUT2D eigenvalue weighted by Crippen LogP contribution is 2.23. The molecule has 0 bridgehead atoms. The smallest absolute Gasteiger partial charge is 0.120 e. The number of aromatic nitrogens is 1. The summed E-state index contributed by atoms with van der Waals surface area (Å²) in [6.45, 7) is 7.51. The maximum Gasteiger partial charge on any atom is 0.120 e. The summed E-state index contributed by atoms with van der Waals surface area (Å²) in [5.74, 6) is 1.40. The Kier molecular flexibility index (Phi) is 3.82. The van der Waals surface area contributed by atoms with Crippen LogP contribution in [0.4, 0.5) is 0 Å². The number of nitrogens with two attached hydrogens (primary N) is 1. The normalized spacial score (nSPS) is 11.2. The molecule has 2 rings (SSSR count). The van der Waals surface area contributed by atoms with Gasteiger partial charge in [0.15, 0.2) is 0 Å². The highest BCUT2D eigenvalue weighted by atomic mass is 16.5. The first-order valence-electron chi connectivity index (χ1n) is 6.33. The van der Waals surface area contributed by atoms with Gasteiger partial charge in [-0.15, -0.1) is 0 Å². The lowest BCUT2D eigenvalue weighted by Crippen LogP contribution is -2.05. The summed E-state index contributed by atoms with van der Waals surface area (Å²) in [5, 5.41) is 1.09. The van der Waals surface area contributed by atoms with Crippen LogP contribution in [-0.2, 0) is 6.54 Å². The van der Waals surface area contributed by atoms with Gasteiger partial charge >= 0.3 is 0 Å². The summed E-state index contributed by atoms with van der Waals surface area (Å²) < 4.78 is 5.74. The van der Waals surface area contributed by atoms with Crippen LogP contribution < -0.4 is 10.5 Å². The maximum absolute atomic E-state index is 5.79. The van der Waals surface area contributed by atoms with Gasteiger partial charge in [-0.05, 0) is 42.7 Å². The molecular weight excluding hydrogens is 224 g/mol. The average Bonchev–Trinajstić information content (AvgIpc) is 2.35. The van der Waals surface area contributed by atoms with Gasteiger partial charge < -0.3 is 10.5 Å². The number of hydrogen-bond donors (Lipinski definition) is 1. The second kappa shape index (κ2) is 5.36. The molecular formula is C15H20N2O. The number of benzene rings is 1. The van der Waals surface area contributed by atoms with E-state index >= 15 is 0 Å². The van der Waals surface area contributed by atoms with Gasteiger partial charge in [0.05, 0.1) is 12.1 Å². The quantitative estimate of drug-likeness (QED) is 0.899. The zero-order chi connectivity index (χ0) is 13.1. The van der Waals surface area contributed by atoms with Crippen molar-refractivity contribution in [2.45, 2.75) is 27.3 Å². The van der Waals surface area contributed by atoms with E-state index < -0.39 is 0 Å². The highest BCUT2D eigenvalue weighted by molar-refractivity contribution is 5.83. The van der Waals surface area contributed by atoms with Gasteiger partial charge in [0.2, 0.25) is 0 Å². The molecule has 0 unspecified atom stereocenters. The molecule has 1 heterocycles. The standard InChI is InChI=1S/C15H20N2O/c1-10(2)9-18-13-4-5-15-14(7-13)12(8-16)6-11(3)17-15/h4-7,10H,8-9,16H2,1-3H3. The third-order valence-electron chi connectivity index (χ3n) is 2.80. The van der Waals surface area contributed by atoms with Crippen molar-refractivity contribution >= 4 is 10.9 Å². The molecule has 2 aromatic rings. The number of pyridine rings is 1. The first-order valence-corrected chi connectivity index (χ1v) is 6.33. The highest BCUT2D eigenvalue weighted by Gasteiger charge is 2.05. The van der Waals surface area contributed by atoms with Gasteiger partial charge in [-0.3, -0.25) is 4.98 Å². The first kappa shape index (κ1) is 12.8. The molecule has 1 aromatic carbocycles. The summed E-state index contributed by atoms with van der Waals surface area (Å²) in [4.78, 5) is 4.51. The fourth-order valence-electron chi connectivity index (χ4n) is 1.94. The Morgan fingerprint density at radius 1 is 1.28 bits per heavy atom. The Hall–Kier alpha value is -1.61. The number of rotatable bonds is 4. The maximum atomic E-state index is 5.79. The summed E-state index contributed by atoms with van der Waals surface area (Å²) >= 11 is 0. The lowest BCUT2D eigenvalue weighted by Gasteiger charge is -2.11. The Morgan fingerprint density at radius 3 is 2.72 bits per heavy atom. The molecule has 2 N–H and O–H groups in total. The predicted octanol–water partition coefficient (Wildman–Crippen LogP) is 3.04. The molecule has 18 heavy (non-hydrogen) atoms. The van der Waals surface area contributed by atoms with Gasteiger partial charge in [0.1, 0.15) is 5.75 Å². The number of ether oxygens (including phenoxy) is 1. The molecule has 0 saturated carbocycles. The second-order valence-corrected chi connectivity index (χ2v) is 5.01. The topological polar surface area (TPSA) is 48.1 Å². The van der Waals surface area contributed by atoms with Gasteiger partial charge in [-0.1, -0.05) is 13.8 Å². The number of fused-ring (bicyclic) bond motifs is 1. The van der Waals surface area contributed by atoms with E-state index in [1.807, 2.05) is 31.2 Å². The Bertz CT molecular complexity index is 549. The lowest BCUT2D eigenvalue weighted by molar-refractivity contribution is 0.271. The van der Waals surface area contributed by atoms with Crippen LogP contribution in [0.1, 0.15) is 25.1 Å². The van der Waals surface area contributed by atoms with E-state index in [1.54, 1.807) is 0 Å². The van der Waals surface area contributed by atoms with Crippen molar-refractivity contribution in [1.29, 1.82) is 0 Å². The van der Waals surface area contributed by atoms with E-state index in [0.717, 1.165) is 34.5 Å². The van der Waals surface area contributed by atoms with Crippen LogP contribution in [0.3, 0.4) is 0 Å². The Morgan fingerprint density at radius 2 is 2.06 bits per heavy atom. The van der Waals surface area contributed by atoms with Crippen molar-refractivity contribution in [1.82, 2.24) is 4.98 Å². The zero-order valence-electron chi connectivity index (χ0n) is 11.2. The fourth-order valence-corrected chi connectivity index (χ4v) is 1.94. The minimum Gasteiger partial charge on any atom is -0.493 e. The summed E-state index contributed by atoms with van der Waals surface area (Å²) in [5.41, 5.74) is 8.88. The van der Waals surface area contributed by atoms with Crippen LogP contribution in [0, 0.1) is 12.8 Å². The van der Waals surface area contributed by atoms with Crippen molar-refractivity contribution in [3.05, 3.63) is 35.5 Å². The molecule has 0 radical (unpaired) electrons. The number of hydrogen-bond acceptors (Lipinski definition) is 3.